The Balaban J connectivity index is 2.09. The second kappa shape index (κ2) is 6.08. The molecule has 0 aliphatic carbocycles. The minimum Gasteiger partial charge on any atom is -0.323 e. The van der Waals surface area contributed by atoms with Gasteiger partial charge in [0, 0.05) is 6.54 Å². The van der Waals surface area contributed by atoms with Gasteiger partial charge in [-0.1, -0.05) is 31.5 Å². The molecule has 0 spiro atoms. The summed E-state index contributed by atoms with van der Waals surface area (Å²) in [6.45, 7) is 3.46. The Labute approximate surface area is 130 Å². The molecule has 22 heavy (non-hydrogen) atoms. The molecule has 0 aromatic heterocycles. The maximum absolute atomic E-state index is 12.3. The van der Waals surface area contributed by atoms with Gasteiger partial charge in [0.25, 0.3) is 5.91 Å². The van der Waals surface area contributed by atoms with Crippen LogP contribution in [0.2, 0.25) is 0 Å². The van der Waals surface area contributed by atoms with Crippen LogP contribution in [-0.2, 0) is 14.6 Å². The van der Waals surface area contributed by atoms with Crippen molar-refractivity contribution in [2.24, 2.45) is 0 Å². The SMILES string of the molecule is CCCC1(C)NC(=O)N(CCS(=O)(=O)c2ccccc2)C1=O. The zero-order chi connectivity index (χ0) is 16.4. The van der Waals surface area contributed by atoms with Crippen molar-refractivity contribution in [3.05, 3.63) is 30.3 Å². The van der Waals surface area contributed by atoms with Gasteiger partial charge in [-0.25, -0.2) is 13.2 Å². The lowest BCUT2D eigenvalue weighted by molar-refractivity contribution is -0.130. The normalized spacial score (nSPS) is 22.0. The molecule has 1 aliphatic heterocycles. The van der Waals surface area contributed by atoms with Crippen molar-refractivity contribution in [1.29, 1.82) is 0 Å². The molecule has 1 aliphatic rings. The Bertz CT molecular complexity index is 672. The van der Waals surface area contributed by atoms with Crippen LogP contribution in [0.25, 0.3) is 0 Å². The molecular formula is C15H20N2O4S. The topological polar surface area (TPSA) is 83.6 Å². The molecule has 1 fully saturated rings. The second-order valence-corrected chi connectivity index (χ2v) is 7.71. The quantitative estimate of drug-likeness (QED) is 0.805. The van der Waals surface area contributed by atoms with Crippen LogP contribution in [0.15, 0.2) is 35.2 Å². The molecule has 7 heteroatoms. The molecule has 3 amide bonds. The molecule has 1 aromatic rings. The fourth-order valence-corrected chi connectivity index (χ4v) is 3.81. The van der Waals surface area contributed by atoms with Gasteiger partial charge in [0.05, 0.1) is 10.6 Å². The van der Waals surface area contributed by atoms with Gasteiger partial charge in [0.1, 0.15) is 5.54 Å². The van der Waals surface area contributed by atoms with Crippen molar-refractivity contribution in [2.45, 2.75) is 37.1 Å². The lowest BCUT2D eigenvalue weighted by Crippen LogP contribution is -2.44. The maximum Gasteiger partial charge on any atom is 0.325 e. The zero-order valence-electron chi connectivity index (χ0n) is 12.7. The largest absolute Gasteiger partial charge is 0.325 e. The van der Waals surface area contributed by atoms with Crippen LogP contribution in [0, 0.1) is 0 Å². The zero-order valence-corrected chi connectivity index (χ0v) is 13.5. The molecule has 120 valence electrons. The van der Waals surface area contributed by atoms with Crippen LogP contribution in [0.4, 0.5) is 4.79 Å². The first-order valence-corrected chi connectivity index (χ1v) is 8.87. The summed E-state index contributed by atoms with van der Waals surface area (Å²) in [5.41, 5.74) is -0.928. The van der Waals surface area contributed by atoms with Crippen molar-refractivity contribution in [3.8, 4) is 0 Å². The summed E-state index contributed by atoms with van der Waals surface area (Å²) in [7, 11) is -3.52. The summed E-state index contributed by atoms with van der Waals surface area (Å²) in [5, 5.41) is 2.65. The number of nitrogens with zero attached hydrogens (tertiary/aromatic N) is 1. The Kier molecular flexibility index (Phi) is 4.55. The molecule has 1 N–H and O–H groups in total. The first-order valence-electron chi connectivity index (χ1n) is 7.22. The minimum atomic E-state index is -3.52. The Morgan fingerprint density at radius 2 is 1.82 bits per heavy atom. The number of hydrogen-bond acceptors (Lipinski definition) is 4. The lowest BCUT2D eigenvalue weighted by Gasteiger charge is -2.20. The van der Waals surface area contributed by atoms with Gasteiger partial charge in [-0.3, -0.25) is 9.69 Å². The summed E-state index contributed by atoms with van der Waals surface area (Å²) >= 11 is 0. The Hall–Kier alpha value is -1.89. The summed E-state index contributed by atoms with van der Waals surface area (Å²) in [5.74, 6) is -0.638. The molecule has 1 atom stereocenters. The van der Waals surface area contributed by atoms with Crippen molar-refractivity contribution >= 4 is 21.8 Å². The van der Waals surface area contributed by atoms with E-state index in [9.17, 15) is 18.0 Å². The van der Waals surface area contributed by atoms with Crippen LogP contribution in [0.3, 0.4) is 0 Å². The number of sulfone groups is 1. The second-order valence-electron chi connectivity index (χ2n) is 5.60. The van der Waals surface area contributed by atoms with Gasteiger partial charge in [-0.15, -0.1) is 0 Å². The van der Waals surface area contributed by atoms with Crippen LogP contribution >= 0.6 is 0 Å². The highest BCUT2D eigenvalue weighted by Gasteiger charge is 2.47. The van der Waals surface area contributed by atoms with E-state index < -0.39 is 21.4 Å². The highest BCUT2D eigenvalue weighted by molar-refractivity contribution is 7.91. The van der Waals surface area contributed by atoms with E-state index in [1.807, 2.05) is 6.92 Å². The first kappa shape index (κ1) is 16.5. The number of nitrogens with one attached hydrogen (secondary N) is 1. The average molecular weight is 324 g/mol. The van der Waals surface area contributed by atoms with Crippen LogP contribution < -0.4 is 5.32 Å². The van der Waals surface area contributed by atoms with Crippen molar-refractivity contribution < 1.29 is 18.0 Å². The third-order valence-corrected chi connectivity index (χ3v) is 5.49. The van der Waals surface area contributed by atoms with Crippen LogP contribution in [0.5, 0.6) is 0 Å². The maximum atomic E-state index is 12.3. The number of amides is 3. The fraction of sp³-hybridized carbons (Fsp3) is 0.467. The number of hydrogen-bond donors (Lipinski definition) is 1. The molecule has 1 aromatic carbocycles. The predicted molar refractivity (Wildman–Crippen MR) is 82.1 cm³/mol. The molecule has 2 rings (SSSR count). The first-order chi connectivity index (χ1) is 10.3. The van der Waals surface area contributed by atoms with Gasteiger partial charge < -0.3 is 5.32 Å². The van der Waals surface area contributed by atoms with Gasteiger partial charge in [-0.2, -0.15) is 0 Å². The van der Waals surface area contributed by atoms with Crippen molar-refractivity contribution in [3.63, 3.8) is 0 Å². The van der Waals surface area contributed by atoms with E-state index in [4.69, 9.17) is 0 Å². The predicted octanol–water partition coefficient (Wildman–Crippen LogP) is 1.57. The van der Waals surface area contributed by atoms with E-state index in [0.717, 1.165) is 11.3 Å². The lowest BCUT2D eigenvalue weighted by atomic mass is 9.96. The molecule has 1 heterocycles. The minimum absolute atomic E-state index is 0.138. The molecular weight excluding hydrogens is 304 g/mol. The molecule has 0 saturated carbocycles. The number of imide groups is 1. The fourth-order valence-electron chi connectivity index (χ4n) is 2.58. The highest BCUT2D eigenvalue weighted by atomic mass is 32.2. The monoisotopic (exact) mass is 324 g/mol. The number of rotatable bonds is 6. The van der Waals surface area contributed by atoms with E-state index in [1.54, 1.807) is 25.1 Å². The summed E-state index contributed by atoms with van der Waals surface area (Å²) in [6, 6.07) is 7.49. The standard InChI is InChI=1S/C15H20N2O4S/c1-3-9-15(2)13(18)17(14(19)16-15)10-11-22(20,21)12-7-5-4-6-8-12/h4-8H,3,9-11H2,1-2H3,(H,16,19). The van der Waals surface area contributed by atoms with E-state index in [2.05, 4.69) is 5.32 Å². The number of benzene rings is 1. The van der Waals surface area contributed by atoms with Gasteiger partial charge in [0.2, 0.25) is 0 Å². The summed E-state index contributed by atoms with van der Waals surface area (Å²) in [4.78, 5) is 25.4. The van der Waals surface area contributed by atoms with Crippen molar-refractivity contribution in [1.82, 2.24) is 10.2 Å². The molecule has 0 radical (unpaired) electrons. The number of carbonyl (C=O) groups is 2. The van der Waals surface area contributed by atoms with E-state index in [1.165, 1.54) is 12.1 Å². The smallest absolute Gasteiger partial charge is 0.323 e. The van der Waals surface area contributed by atoms with Gasteiger partial charge in [0.15, 0.2) is 9.84 Å². The molecule has 1 unspecified atom stereocenters. The molecule has 0 bridgehead atoms. The van der Waals surface area contributed by atoms with E-state index in [-0.39, 0.29) is 23.1 Å². The highest BCUT2D eigenvalue weighted by Crippen LogP contribution is 2.23. The van der Waals surface area contributed by atoms with E-state index >= 15 is 0 Å². The molecule has 1 saturated heterocycles. The Morgan fingerprint density at radius 3 is 2.41 bits per heavy atom. The van der Waals surface area contributed by atoms with Crippen LogP contribution in [0.1, 0.15) is 26.7 Å². The third-order valence-electron chi connectivity index (χ3n) is 3.78. The van der Waals surface area contributed by atoms with Gasteiger partial charge in [-0.05, 0) is 25.5 Å². The number of urea groups is 1. The van der Waals surface area contributed by atoms with Gasteiger partial charge >= 0.3 is 6.03 Å². The summed E-state index contributed by atoms with van der Waals surface area (Å²) < 4.78 is 24.4. The Morgan fingerprint density at radius 1 is 1.18 bits per heavy atom. The molecule has 6 nitrogen and oxygen atoms in total. The average Bonchev–Trinajstić information content (AvgIpc) is 2.68. The van der Waals surface area contributed by atoms with E-state index in [0.29, 0.717) is 6.42 Å². The van der Waals surface area contributed by atoms with Crippen LogP contribution in [-0.4, -0.2) is 43.1 Å². The summed E-state index contributed by atoms with van der Waals surface area (Å²) in [6.07, 6.45) is 1.28. The number of carbonyl (C=O) groups excluding carboxylic acids is 2. The third kappa shape index (κ3) is 3.14. The van der Waals surface area contributed by atoms with Crippen molar-refractivity contribution in [2.75, 3.05) is 12.3 Å².